The fraction of sp³-hybridized carbons (Fsp3) is 0.481. The number of hydrogen-bond acceptors (Lipinski definition) is 7. The van der Waals surface area contributed by atoms with Crippen molar-refractivity contribution in [2.75, 3.05) is 43.5 Å². The number of methoxy groups -OCH3 is 1. The van der Waals surface area contributed by atoms with E-state index in [1.165, 1.54) is 11.8 Å². The Morgan fingerprint density at radius 1 is 1.08 bits per heavy atom. The summed E-state index contributed by atoms with van der Waals surface area (Å²) in [6.45, 7) is 6.04. The molecule has 0 aliphatic carbocycles. The lowest BCUT2D eigenvalue weighted by Gasteiger charge is -2.32. The number of unbranched alkanes of at least 4 members (excludes halogenated alkanes) is 1. The maximum absolute atomic E-state index is 13.8. The molecule has 0 radical (unpaired) electrons. The van der Waals surface area contributed by atoms with Crippen molar-refractivity contribution >= 4 is 27.5 Å². The van der Waals surface area contributed by atoms with Crippen molar-refractivity contribution in [3.63, 3.8) is 0 Å². The SMILES string of the molecule is CCCCNC(=O)[C@@H](C)N(Cc1cccc(OC)c1)C(=O)CN(c1ccc2c(c1)OCCO2)S(=O)(=O)CC. The summed E-state index contributed by atoms with van der Waals surface area (Å²) in [6, 6.07) is 11.1. The van der Waals surface area contributed by atoms with E-state index in [-0.39, 0.29) is 23.9 Å². The highest BCUT2D eigenvalue weighted by molar-refractivity contribution is 7.92. The van der Waals surface area contributed by atoms with Gasteiger partial charge >= 0.3 is 0 Å². The van der Waals surface area contributed by atoms with Crippen LogP contribution >= 0.6 is 0 Å². The number of rotatable bonds is 13. The molecular formula is C27H37N3O7S. The van der Waals surface area contributed by atoms with Crippen molar-refractivity contribution in [3.8, 4) is 17.2 Å². The van der Waals surface area contributed by atoms with Crippen molar-refractivity contribution in [2.24, 2.45) is 0 Å². The van der Waals surface area contributed by atoms with Crippen molar-refractivity contribution in [2.45, 2.75) is 46.2 Å². The summed E-state index contributed by atoms with van der Waals surface area (Å²) >= 11 is 0. The minimum absolute atomic E-state index is 0.0968. The Morgan fingerprint density at radius 2 is 1.82 bits per heavy atom. The number of amides is 2. The highest BCUT2D eigenvalue weighted by atomic mass is 32.2. The first-order valence-electron chi connectivity index (χ1n) is 12.8. The Morgan fingerprint density at radius 3 is 2.50 bits per heavy atom. The summed E-state index contributed by atoms with van der Waals surface area (Å²) in [5, 5.41) is 2.87. The Kier molecular flexibility index (Phi) is 10.2. The highest BCUT2D eigenvalue weighted by Gasteiger charge is 2.31. The summed E-state index contributed by atoms with van der Waals surface area (Å²) in [5.41, 5.74) is 1.03. The number of benzene rings is 2. The van der Waals surface area contributed by atoms with Gasteiger partial charge < -0.3 is 24.4 Å². The number of anilines is 1. The van der Waals surface area contributed by atoms with Crippen LogP contribution < -0.4 is 23.8 Å². The van der Waals surface area contributed by atoms with Gasteiger partial charge in [-0.15, -0.1) is 0 Å². The molecule has 1 N–H and O–H groups in total. The van der Waals surface area contributed by atoms with Crippen LogP contribution in [0.5, 0.6) is 17.2 Å². The molecule has 3 rings (SSSR count). The van der Waals surface area contributed by atoms with Crippen LogP contribution in [0.4, 0.5) is 5.69 Å². The molecule has 1 heterocycles. The van der Waals surface area contributed by atoms with E-state index in [9.17, 15) is 18.0 Å². The molecule has 1 aliphatic heterocycles. The topological polar surface area (TPSA) is 114 Å². The van der Waals surface area contributed by atoms with Crippen LogP contribution in [0.2, 0.25) is 0 Å². The van der Waals surface area contributed by atoms with Gasteiger partial charge in [-0.05, 0) is 50.1 Å². The molecule has 0 fully saturated rings. The van der Waals surface area contributed by atoms with Gasteiger partial charge in [0.25, 0.3) is 0 Å². The molecule has 1 aliphatic rings. The van der Waals surface area contributed by atoms with Crippen LogP contribution in [-0.4, -0.2) is 70.3 Å². The molecule has 2 aromatic rings. The van der Waals surface area contributed by atoms with Crippen molar-refractivity contribution in [1.82, 2.24) is 10.2 Å². The Bertz CT molecular complexity index is 1220. The lowest BCUT2D eigenvalue weighted by Crippen LogP contribution is -2.51. The van der Waals surface area contributed by atoms with Gasteiger partial charge in [0.05, 0.1) is 18.6 Å². The summed E-state index contributed by atoms with van der Waals surface area (Å²) in [5.74, 6) is 0.502. The average molecular weight is 548 g/mol. The van der Waals surface area contributed by atoms with E-state index in [0.717, 1.165) is 22.7 Å². The van der Waals surface area contributed by atoms with E-state index in [1.807, 2.05) is 13.0 Å². The van der Waals surface area contributed by atoms with E-state index < -0.39 is 28.5 Å². The first-order valence-corrected chi connectivity index (χ1v) is 14.4. The fourth-order valence-electron chi connectivity index (χ4n) is 3.99. The fourth-order valence-corrected chi connectivity index (χ4v) is 5.05. The standard InChI is InChI=1S/C27H37N3O7S/c1-5-7-13-28-27(32)20(3)29(18-21-9-8-10-23(16-21)35-4)26(31)19-30(38(33,34)6-2)22-11-12-24-25(17-22)37-15-14-36-24/h8-12,16-17,20H,5-7,13-15,18-19H2,1-4H3,(H,28,32)/t20-/m1/s1. The van der Waals surface area contributed by atoms with Crippen molar-refractivity contribution in [3.05, 3.63) is 48.0 Å². The minimum atomic E-state index is -3.85. The lowest BCUT2D eigenvalue weighted by atomic mass is 10.1. The second kappa shape index (κ2) is 13.4. The van der Waals surface area contributed by atoms with Gasteiger partial charge in [0, 0.05) is 19.2 Å². The summed E-state index contributed by atoms with van der Waals surface area (Å²) in [7, 11) is -2.30. The third kappa shape index (κ3) is 7.31. The number of fused-ring (bicyclic) bond motifs is 1. The van der Waals surface area contributed by atoms with Crippen LogP contribution in [-0.2, 0) is 26.2 Å². The number of nitrogens with one attached hydrogen (secondary N) is 1. The van der Waals surface area contributed by atoms with E-state index in [1.54, 1.807) is 50.4 Å². The van der Waals surface area contributed by atoms with Gasteiger partial charge in [-0.1, -0.05) is 25.5 Å². The molecular weight excluding hydrogens is 510 g/mol. The number of carbonyl (C=O) groups is 2. The Labute approximate surface area is 224 Å². The maximum Gasteiger partial charge on any atom is 0.244 e. The van der Waals surface area contributed by atoms with Crippen LogP contribution in [0.1, 0.15) is 39.2 Å². The maximum atomic E-state index is 13.8. The molecule has 38 heavy (non-hydrogen) atoms. The molecule has 0 saturated heterocycles. The number of hydrogen-bond donors (Lipinski definition) is 1. The predicted molar refractivity (Wildman–Crippen MR) is 145 cm³/mol. The van der Waals surface area contributed by atoms with E-state index >= 15 is 0 Å². The monoisotopic (exact) mass is 547 g/mol. The van der Waals surface area contributed by atoms with Gasteiger partial charge in [0.2, 0.25) is 21.8 Å². The Balaban J connectivity index is 1.93. The minimum Gasteiger partial charge on any atom is -0.497 e. The zero-order valence-electron chi connectivity index (χ0n) is 22.4. The van der Waals surface area contributed by atoms with Crippen LogP contribution in [0.15, 0.2) is 42.5 Å². The van der Waals surface area contributed by atoms with Gasteiger partial charge in [-0.3, -0.25) is 13.9 Å². The summed E-state index contributed by atoms with van der Waals surface area (Å²) in [6.07, 6.45) is 1.73. The second-order valence-corrected chi connectivity index (χ2v) is 11.1. The van der Waals surface area contributed by atoms with Crippen LogP contribution in [0, 0.1) is 0 Å². The van der Waals surface area contributed by atoms with Crippen molar-refractivity contribution in [1.29, 1.82) is 0 Å². The predicted octanol–water partition coefficient (Wildman–Crippen LogP) is 2.96. The zero-order chi connectivity index (χ0) is 27.7. The normalized spacial score (nSPS) is 13.4. The summed E-state index contributed by atoms with van der Waals surface area (Å²) < 4.78 is 43.8. The number of sulfonamides is 1. The third-order valence-electron chi connectivity index (χ3n) is 6.28. The van der Waals surface area contributed by atoms with Gasteiger partial charge in [-0.2, -0.15) is 0 Å². The number of carbonyl (C=O) groups excluding carboxylic acids is 2. The van der Waals surface area contributed by atoms with E-state index in [2.05, 4.69) is 5.32 Å². The number of nitrogens with zero attached hydrogens (tertiary/aromatic N) is 2. The first-order chi connectivity index (χ1) is 18.2. The largest absolute Gasteiger partial charge is 0.497 e. The molecule has 0 unspecified atom stereocenters. The molecule has 0 spiro atoms. The number of ether oxygens (including phenoxy) is 3. The Hall–Kier alpha value is -3.47. The van der Waals surface area contributed by atoms with E-state index in [4.69, 9.17) is 14.2 Å². The summed E-state index contributed by atoms with van der Waals surface area (Å²) in [4.78, 5) is 28.1. The molecule has 1 atom stereocenters. The second-order valence-electron chi connectivity index (χ2n) is 8.93. The molecule has 208 valence electrons. The smallest absolute Gasteiger partial charge is 0.244 e. The van der Waals surface area contributed by atoms with Crippen LogP contribution in [0.25, 0.3) is 0 Å². The zero-order valence-corrected chi connectivity index (χ0v) is 23.3. The molecule has 11 heteroatoms. The molecule has 2 amide bonds. The third-order valence-corrected chi connectivity index (χ3v) is 8.02. The first kappa shape index (κ1) is 29.1. The quantitative estimate of drug-likeness (QED) is 0.384. The van der Waals surface area contributed by atoms with Crippen molar-refractivity contribution < 1.29 is 32.2 Å². The van der Waals surface area contributed by atoms with Gasteiger partial charge in [0.1, 0.15) is 31.5 Å². The molecule has 2 aromatic carbocycles. The van der Waals surface area contributed by atoms with Gasteiger partial charge in [-0.25, -0.2) is 8.42 Å². The average Bonchev–Trinajstić information content (AvgIpc) is 2.93. The highest BCUT2D eigenvalue weighted by Crippen LogP contribution is 2.35. The molecule has 0 aromatic heterocycles. The lowest BCUT2D eigenvalue weighted by molar-refractivity contribution is -0.139. The van der Waals surface area contributed by atoms with E-state index in [0.29, 0.717) is 37.0 Å². The molecule has 0 saturated carbocycles. The van der Waals surface area contributed by atoms with Gasteiger partial charge in [0.15, 0.2) is 11.5 Å². The molecule has 10 nitrogen and oxygen atoms in total. The van der Waals surface area contributed by atoms with Crippen LogP contribution in [0.3, 0.4) is 0 Å². The molecule has 0 bridgehead atoms.